The summed E-state index contributed by atoms with van der Waals surface area (Å²) in [6.07, 6.45) is 3.68. The highest BCUT2D eigenvalue weighted by molar-refractivity contribution is 6.06. The number of hydrogen-bond acceptors (Lipinski definition) is 5. The Labute approximate surface area is 151 Å². The number of nitrogens with zero attached hydrogens (tertiary/aromatic N) is 3. The topological polar surface area (TPSA) is 96.5 Å². The molecule has 3 heterocycles. The van der Waals surface area contributed by atoms with Crippen molar-refractivity contribution in [3.63, 3.8) is 0 Å². The van der Waals surface area contributed by atoms with E-state index in [2.05, 4.69) is 10.1 Å². The van der Waals surface area contributed by atoms with Gasteiger partial charge in [0.05, 0.1) is 23.1 Å². The van der Waals surface area contributed by atoms with E-state index in [1.54, 1.807) is 4.90 Å². The lowest BCUT2D eigenvalue weighted by molar-refractivity contribution is -0.137. The number of amides is 1. The van der Waals surface area contributed by atoms with Crippen LogP contribution >= 0.6 is 0 Å². The first kappa shape index (κ1) is 17.0. The van der Waals surface area contributed by atoms with E-state index in [0.29, 0.717) is 29.1 Å². The fourth-order valence-corrected chi connectivity index (χ4v) is 3.81. The van der Waals surface area contributed by atoms with Crippen molar-refractivity contribution in [3.05, 3.63) is 23.0 Å². The van der Waals surface area contributed by atoms with Crippen LogP contribution in [0.4, 0.5) is 0 Å². The number of carboxylic acid groups (broad SMARTS) is 1. The highest BCUT2D eigenvalue weighted by atomic mass is 16.5. The van der Waals surface area contributed by atoms with Crippen molar-refractivity contribution >= 4 is 23.0 Å². The molecular weight excluding hydrogens is 334 g/mol. The highest BCUT2D eigenvalue weighted by Crippen LogP contribution is 2.41. The molecule has 0 spiro atoms. The Bertz CT molecular complexity index is 869. The lowest BCUT2D eigenvalue weighted by atomic mass is 10.0. The van der Waals surface area contributed by atoms with Crippen LogP contribution < -0.4 is 0 Å². The first-order valence-electron chi connectivity index (χ1n) is 9.28. The smallest absolute Gasteiger partial charge is 0.305 e. The maximum absolute atomic E-state index is 13.4. The van der Waals surface area contributed by atoms with Gasteiger partial charge in [-0.1, -0.05) is 19.0 Å². The van der Waals surface area contributed by atoms with Crippen LogP contribution in [0.25, 0.3) is 11.1 Å². The van der Waals surface area contributed by atoms with Crippen LogP contribution in [-0.4, -0.2) is 44.6 Å². The molecule has 7 nitrogen and oxygen atoms in total. The third-order valence-corrected chi connectivity index (χ3v) is 5.31. The Kier molecular flexibility index (Phi) is 4.17. The molecule has 2 aliphatic rings. The van der Waals surface area contributed by atoms with Crippen LogP contribution in [0, 0.1) is 0 Å². The average Bonchev–Trinajstić information content (AvgIpc) is 3.19. The van der Waals surface area contributed by atoms with Gasteiger partial charge in [-0.05, 0) is 37.7 Å². The standard InChI is InChI=1S/C19H23N3O4/c1-10(2)17-16-13(9-14(11-5-6-11)20-18(16)26-21-17)19(25)22-7-3-4-12(22)8-15(23)24/h9-12H,3-8H2,1-2H3,(H,23,24). The van der Waals surface area contributed by atoms with Gasteiger partial charge in [-0.3, -0.25) is 9.59 Å². The zero-order valence-corrected chi connectivity index (χ0v) is 15.1. The molecular formula is C19H23N3O4. The molecule has 0 bridgehead atoms. The molecule has 0 aromatic carbocycles. The van der Waals surface area contributed by atoms with Crippen LogP contribution in [-0.2, 0) is 4.79 Å². The van der Waals surface area contributed by atoms with Gasteiger partial charge in [-0.25, -0.2) is 4.98 Å². The molecule has 2 aromatic heterocycles. The molecule has 1 aliphatic heterocycles. The van der Waals surface area contributed by atoms with Crippen molar-refractivity contribution in [2.45, 2.75) is 63.8 Å². The summed E-state index contributed by atoms with van der Waals surface area (Å²) in [6.45, 7) is 4.59. The number of carboxylic acids is 1. The molecule has 1 aliphatic carbocycles. The SMILES string of the molecule is CC(C)c1noc2nc(C3CC3)cc(C(=O)N3CCCC3CC(=O)O)c12. The van der Waals surface area contributed by atoms with Crippen LogP contribution in [0.3, 0.4) is 0 Å². The first-order chi connectivity index (χ1) is 12.5. The maximum atomic E-state index is 13.4. The fraction of sp³-hybridized carbons (Fsp3) is 0.579. The summed E-state index contributed by atoms with van der Waals surface area (Å²) in [5.74, 6) is -0.522. The Morgan fingerprint density at radius 2 is 2.12 bits per heavy atom. The quantitative estimate of drug-likeness (QED) is 0.882. The molecule has 2 fully saturated rings. The first-order valence-corrected chi connectivity index (χ1v) is 9.28. The largest absolute Gasteiger partial charge is 0.481 e. The molecule has 4 rings (SSSR count). The van der Waals surface area contributed by atoms with Crippen molar-refractivity contribution in [2.75, 3.05) is 6.54 Å². The second kappa shape index (κ2) is 6.37. The summed E-state index contributed by atoms with van der Waals surface area (Å²) in [6, 6.07) is 1.62. The summed E-state index contributed by atoms with van der Waals surface area (Å²) >= 11 is 0. The van der Waals surface area contributed by atoms with Gasteiger partial charge in [0.2, 0.25) is 0 Å². The predicted molar refractivity (Wildman–Crippen MR) is 94.2 cm³/mol. The minimum absolute atomic E-state index is 0.0177. The fourth-order valence-electron chi connectivity index (χ4n) is 3.81. The number of carbonyl (C=O) groups is 2. The molecule has 26 heavy (non-hydrogen) atoms. The summed E-state index contributed by atoms with van der Waals surface area (Å²) < 4.78 is 5.45. The number of likely N-dealkylation sites (tertiary alicyclic amines) is 1. The van der Waals surface area contributed by atoms with Gasteiger partial charge in [-0.2, -0.15) is 0 Å². The van der Waals surface area contributed by atoms with Crippen molar-refractivity contribution in [1.82, 2.24) is 15.0 Å². The monoisotopic (exact) mass is 357 g/mol. The van der Waals surface area contributed by atoms with E-state index < -0.39 is 5.97 Å². The van der Waals surface area contributed by atoms with Crippen molar-refractivity contribution < 1.29 is 19.2 Å². The molecule has 2 aromatic rings. The minimum Gasteiger partial charge on any atom is -0.481 e. The van der Waals surface area contributed by atoms with Gasteiger partial charge in [0.15, 0.2) is 0 Å². The number of fused-ring (bicyclic) bond motifs is 1. The third kappa shape index (κ3) is 2.95. The highest BCUT2D eigenvalue weighted by Gasteiger charge is 2.35. The van der Waals surface area contributed by atoms with Crippen molar-refractivity contribution in [2.24, 2.45) is 0 Å². The minimum atomic E-state index is -0.874. The van der Waals surface area contributed by atoms with Crippen LogP contribution in [0.15, 0.2) is 10.6 Å². The van der Waals surface area contributed by atoms with E-state index in [1.165, 1.54) is 0 Å². The van der Waals surface area contributed by atoms with E-state index in [4.69, 9.17) is 9.63 Å². The number of carbonyl (C=O) groups excluding carboxylic acids is 1. The zero-order valence-electron chi connectivity index (χ0n) is 15.1. The molecule has 1 N–H and O–H groups in total. The number of aliphatic carboxylic acids is 1. The Hall–Kier alpha value is -2.44. The molecule has 7 heteroatoms. The number of rotatable bonds is 5. The van der Waals surface area contributed by atoms with Gasteiger partial charge in [0.1, 0.15) is 0 Å². The molecule has 138 valence electrons. The van der Waals surface area contributed by atoms with Crippen LogP contribution in [0.1, 0.15) is 79.5 Å². The molecule has 1 unspecified atom stereocenters. The lowest BCUT2D eigenvalue weighted by Crippen LogP contribution is -2.37. The van der Waals surface area contributed by atoms with E-state index in [9.17, 15) is 9.59 Å². The molecule has 1 saturated carbocycles. The Balaban J connectivity index is 1.79. The predicted octanol–water partition coefficient (Wildman–Crippen LogP) is 3.30. The molecule has 0 radical (unpaired) electrons. The summed E-state index contributed by atoms with van der Waals surface area (Å²) in [5, 5.41) is 14.0. The average molecular weight is 357 g/mol. The van der Waals surface area contributed by atoms with Gasteiger partial charge < -0.3 is 14.5 Å². The normalized spacial score (nSPS) is 20.3. The second-order valence-electron chi connectivity index (χ2n) is 7.66. The number of hydrogen-bond donors (Lipinski definition) is 1. The maximum Gasteiger partial charge on any atom is 0.305 e. The van der Waals surface area contributed by atoms with Gasteiger partial charge in [0, 0.05) is 24.2 Å². The summed E-state index contributed by atoms with van der Waals surface area (Å²) in [5.41, 5.74) is 2.57. The zero-order chi connectivity index (χ0) is 18.4. The second-order valence-corrected chi connectivity index (χ2v) is 7.66. The van der Waals surface area contributed by atoms with Gasteiger partial charge >= 0.3 is 5.97 Å². The van der Waals surface area contributed by atoms with Crippen molar-refractivity contribution in [1.29, 1.82) is 0 Å². The number of pyridine rings is 1. The Morgan fingerprint density at radius 3 is 2.77 bits per heavy atom. The summed E-state index contributed by atoms with van der Waals surface area (Å²) in [7, 11) is 0. The van der Waals surface area contributed by atoms with Gasteiger partial charge in [-0.15, -0.1) is 0 Å². The molecule has 1 amide bonds. The van der Waals surface area contributed by atoms with Crippen LogP contribution in [0.5, 0.6) is 0 Å². The molecule has 1 atom stereocenters. The van der Waals surface area contributed by atoms with Gasteiger partial charge in [0.25, 0.3) is 11.6 Å². The Morgan fingerprint density at radius 1 is 1.35 bits per heavy atom. The van der Waals surface area contributed by atoms with E-state index in [1.807, 2.05) is 19.9 Å². The van der Waals surface area contributed by atoms with E-state index >= 15 is 0 Å². The molecule has 1 saturated heterocycles. The van der Waals surface area contributed by atoms with Crippen molar-refractivity contribution in [3.8, 4) is 0 Å². The van der Waals surface area contributed by atoms with Crippen LogP contribution in [0.2, 0.25) is 0 Å². The summed E-state index contributed by atoms with van der Waals surface area (Å²) in [4.78, 5) is 30.8. The number of aromatic nitrogens is 2. The third-order valence-electron chi connectivity index (χ3n) is 5.31. The van der Waals surface area contributed by atoms with E-state index in [0.717, 1.165) is 37.1 Å². The van der Waals surface area contributed by atoms with E-state index in [-0.39, 0.29) is 24.3 Å². The lowest BCUT2D eigenvalue weighted by Gasteiger charge is -2.24.